The first-order valence-electron chi connectivity index (χ1n) is 7.84. The average Bonchev–Trinajstić information content (AvgIpc) is 2.61. The van der Waals surface area contributed by atoms with Crippen LogP contribution in [0.1, 0.15) is 6.42 Å². The van der Waals surface area contributed by atoms with Crippen molar-refractivity contribution in [2.24, 2.45) is 0 Å². The van der Waals surface area contributed by atoms with Crippen molar-refractivity contribution in [1.29, 1.82) is 0 Å². The molecular formula is C18H17FN2O3S. The summed E-state index contributed by atoms with van der Waals surface area (Å²) in [6, 6.07) is 13.6. The van der Waals surface area contributed by atoms with Gasteiger partial charge in [0, 0.05) is 11.3 Å². The first-order chi connectivity index (χ1) is 12.1. The SMILES string of the molecule is O=C(CC1Sc2ccccc2NC1=O)NCCOc1ccccc1F. The van der Waals surface area contributed by atoms with Crippen LogP contribution < -0.4 is 15.4 Å². The molecule has 2 aromatic carbocycles. The zero-order valence-electron chi connectivity index (χ0n) is 13.3. The molecule has 0 aliphatic carbocycles. The number of benzene rings is 2. The van der Waals surface area contributed by atoms with Crippen LogP contribution in [0, 0.1) is 5.82 Å². The molecule has 2 N–H and O–H groups in total. The number of hydrogen-bond acceptors (Lipinski definition) is 4. The molecule has 0 radical (unpaired) electrons. The third-order valence-corrected chi connectivity index (χ3v) is 4.87. The van der Waals surface area contributed by atoms with E-state index in [0.29, 0.717) is 0 Å². The first-order valence-corrected chi connectivity index (χ1v) is 8.72. The molecule has 0 fully saturated rings. The van der Waals surface area contributed by atoms with Gasteiger partial charge in [-0.15, -0.1) is 11.8 Å². The minimum absolute atomic E-state index is 0.0739. The van der Waals surface area contributed by atoms with Gasteiger partial charge in [0.15, 0.2) is 11.6 Å². The topological polar surface area (TPSA) is 67.4 Å². The van der Waals surface area contributed by atoms with E-state index in [-0.39, 0.29) is 37.1 Å². The number of para-hydroxylation sites is 2. The number of amides is 2. The van der Waals surface area contributed by atoms with Crippen molar-refractivity contribution in [3.8, 4) is 5.75 Å². The Morgan fingerprint density at radius 3 is 2.80 bits per heavy atom. The van der Waals surface area contributed by atoms with Gasteiger partial charge in [-0.2, -0.15) is 0 Å². The van der Waals surface area contributed by atoms with E-state index in [1.54, 1.807) is 12.1 Å². The van der Waals surface area contributed by atoms with Gasteiger partial charge in [-0.1, -0.05) is 24.3 Å². The standard InChI is InChI=1S/C18H17FN2O3S/c19-12-5-1-3-7-14(12)24-10-9-20-17(22)11-16-18(23)21-13-6-2-4-8-15(13)25-16/h1-8,16H,9-11H2,(H,20,22)(H,21,23). The molecule has 2 aromatic rings. The van der Waals surface area contributed by atoms with Crippen molar-refractivity contribution in [2.45, 2.75) is 16.6 Å². The molecule has 0 aromatic heterocycles. The van der Waals surface area contributed by atoms with E-state index in [1.165, 1.54) is 23.9 Å². The van der Waals surface area contributed by atoms with Crippen molar-refractivity contribution in [1.82, 2.24) is 5.32 Å². The molecule has 3 rings (SSSR count). The Morgan fingerprint density at radius 2 is 1.96 bits per heavy atom. The molecule has 1 atom stereocenters. The summed E-state index contributed by atoms with van der Waals surface area (Å²) < 4.78 is 18.7. The van der Waals surface area contributed by atoms with Gasteiger partial charge in [0.25, 0.3) is 0 Å². The van der Waals surface area contributed by atoms with Gasteiger partial charge >= 0.3 is 0 Å². The zero-order valence-corrected chi connectivity index (χ0v) is 14.1. The molecule has 1 unspecified atom stereocenters. The summed E-state index contributed by atoms with van der Waals surface area (Å²) >= 11 is 1.38. The van der Waals surface area contributed by atoms with Gasteiger partial charge in [-0.05, 0) is 24.3 Å². The van der Waals surface area contributed by atoms with Gasteiger partial charge in [-0.25, -0.2) is 4.39 Å². The molecule has 7 heteroatoms. The normalized spacial score (nSPS) is 15.9. The van der Waals surface area contributed by atoms with Crippen LogP contribution in [0.15, 0.2) is 53.4 Å². The minimum atomic E-state index is -0.470. The van der Waals surface area contributed by atoms with E-state index in [0.717, 1.165) is 10.6 Å². The van der Waals surface area contributed by atoms with E-state index in [9.17, 15) is 14.0 Å². The third kappa shape index (κ3) is 4.51. The molecule has 130 valence electrons. The molecule has 0 spiro atoms. The quantitative estimate of drug-likeness (QED) is 0.778. The highest BCUT2D eigenvalue weighted by molar-refractivity contribution is 8.01. The molecule has 5 nitrogen and oxygen atoms in total. The zero-order chi connectivity index (χ0) is 17.6. The maximum atomic E-state index is 13.4. The van der Waals surface area contributed by atoms with Crippen molar-refractivity contribution in [2.75, 3.05) is 18.5 Å². The lowest BCUT2D eigenvalue weighted by molar-refractivity contribution is -0.124. The number of thioether (sulfide) groups is 1. The van der Waals surface area contributed by atoms with Crippen LogP contribution in [-0.4, -0.2) is 30.2 Å². The maximum Gasteiger partial charge on any atom is 0.238 e. The summed E-state index contributed by atoms with van der Waals surface area (Å²) in [5.74, 6) is -0.719. The monoisotopic (exact) mass is 360 g/mol. The van der Waals surface area contributed by atoms with Gasteiger partial charge in [0.2, 0.25) is 11.8 Å². The van der Waals surface area contributed by atoms with Crippen LogP contribution in [0.3, 0.4) is 0 Å². The summed E-state index contributed by atoms with van der Waals surface area (Å²) in [4.78, 5) is 25.0. The number of hydrogen-bond donors (Lipinski definition) is 2. The largest absolute Gasteiger partial charge is 0.489 e. The molecule has 0 saturated heterocycles. The highest BCUT2D eigenvalue weighted by Gasteiger charge is 2.28. The highest BCUT2D eigenvalue weighted by Crippen LogP contribution is 2.36. The summed E-state index contributed by atoms with van der Waals surface area (Å²) in [7, 11) is 0. The molecule has 1 aliphatic heterocycles. The summed E-state index contributed by atoms with van der Waals surface area (Å²) in [5, 5.41) is 5.02. The number of carbonyl (C=O) groups excluding carboxylic acids is 2. The lowest BCUT2D eigenvalue weighted by Crippen LogP contribution is -2.36. The van der Waals surface area contributed by atoms with Gasteiger partial charge in [0.1, 0.15) is 6.61 Å². The fraction of sp³-hybridized carbons (Fsp3) is 0.222. The van der Waals surface area contributed by atoms with Crippen molar-refractivity contribution >= 4 is 29.3 Å². The minimum Gasteiger partial charge on any atom is -0.489 e. The van der Waals surface area contributed by atoms with Crippen molar-refractivity contribution in [3.63, 3.8) is 0 Å². The predicted octanol–water partition coefficient (Wildman–Crippen LogP) is 2.82. The number of ether oxygens (including phenoxy) is 1. The Labute approximate surface area is 148 Å². The van der Waals surface area contributed by atoms with Crippen LogP contribution in [0.2, 0.25) is 0 Å². The fourth-order valence-corrected chi connectivity index (χ4v) is 3.49. The lowest BCUT2D eigenvalue weighted by atomic mass is 10.2. The molecule has 1 aliphatic rings. The smallest absolute Gasteiger partial charge is 0.238 e. The van der Waals surface area contributed by atoms with Gasteiger partial charge in [0.05, 0.1) is 17.5 Å². The van der Waals surface area contributed by atoms with Crippen LogP contribution in [0.25, 0.3) is 0 Å². The van der Waals surface area contributed by atoms with Crippen molar-refractivity contribution in [3.05, 3.63) is 54.3 Å². The summed E-state index contributed by atoms with van der Waals surface area (Å²) in [6.45, 7) is 0.391. The number of halogens is 1. The van der Waals surface area contributed by atoms with Crippen LogP contribution in [-0.2, 0) is 9.59 Å². The number of carbonyl (C=O) groups is 2. The number of rotatable bonds is 6. The number of fused-ring (bicyclic) bond motifs is 1. The fourth-order valence-electron chi connectivity index (χ4n) is 2.38. The molecule has 2 amide bonds. The Kier molecular flexibility index (Phi) is 5.55. The van der Waals surface area contributed by atoms with Crippen LogP contribution in [0.4, 0.5) is 10.1 Å². The third-order valence-electron chi connectivity index (χ3n) is 3.60. The number of anilines is 1. The molecular weight excluding hydrogens is 343 g/mol. The molecule has 0 bridgehead atoms. The molecule has 0 saturated carbocycles. The summed E-state index contributed by atoms with van der Waals surface area (Å²) in [6.07, 6.45) is 0.0739. The average molecular weight is 360 g/mol. The Bertz CT molecular complexity index is 784. The maximum absolute atomic E-state index is 13.4. The second kappa shape index (κ2) is 8.02. The van der Waals surface area contributed by atoms with E-state index in [4.69, 9.17) is 4.74 Å². The van der Waals surface area contributed by atoms with E-state index in [2.05, 4.69) is 10.6 Å². The van der Waals surface area contributed by atoms with Crippen LogP contribution >= 0.6 is 11.8 Å². The van der Waals surface area contributed by atoms with E-state index >= 15 is 0 Å². The van der Waals surface area contributed by atoms with Gasteiger partial charge < -0.3 is 15.4 Å². The number of nitrogens with one attached hydrogen (secondary N) is 2. The summed E-state index contributed by atoms with van der Waals surface area (Å²) in [5.41, 5.74) is 0.771. The first kappa shape index (κ1) is 17.3. The molecule has 1 heterocycles. The van der Waals surface area contributed by atoms with E-state index in [1.807, 2.05) is 24.3 Å². The lowest BCUT2D eigenvalue weighted by Gasteiger charge is -2.23. The Hall–Kier alpha value is -2.54. The Morgan fingerprint density at radius 1 is 1.20 bits per heavy atom. The second-order valence-corrected chi connectivity index (χ2v) is 6.67. The second-order valence-electron chi connectivity index (χ2n) is 5.42. The Balaban J connectivity index is 1.44. The van der Waals surface area contributed by atoms with E-state index < -0.39 is 11.1 Å². The highest BCUT2D eigenvalue weighted by atomic mass is 32.2. The van der Waals surface area contributed by atoms with Crippen LogP contribution in [0.5, 0.6) is 5.75 Å². The molecule has 25 heavy (non-hydrogen) atoms. The van der Waals surface area contributed by atoms with Gasteiger partial charge in [-0.3, -0.25) is 9.59 Å². The predicted molar refractivity (Wildman–Crippen MR) is 94.2 cm³/mol. The van der Waals surface area contributed by atoms with Crippen molar-refractivity contribution < 1.29 is 18.7 Å².